The molecular formula is C18H24N4OS. The molecule has 1 aromatic carbocycles. The van der Waals surface area contributed by atoms with Crippen molar-refractivity contribution < 1.29 is 4.79 Å². The van der Waals surface area contributed by atoms with Crippen LogP contribution >= 0.6 is 11.3 Å². The van der Waals surface area contributed by atoms with Crippen molar-refractivity contribution in [2.45, 2.75) is 13.0 Å². The molecule has 128 valence electrons. The number of nitrogens with one attached hydrogen (secondary N) is 2. The van der Waals surface area contributed by atoms with E-state index in [0.29, 0.717) is 12.5 Å². The predicted molar refractivity (Wildman–Crippen MR) is 100 cm³/mol. The third kappa shape index (κ3) is 6.42. The normalized spacial score (nSPS) is 11.2. The molecule has 1 aromatic heterocycles. The molecule has 24 heavy (non-hydrogen) atoms. The number of amides is 1. The van der Waals surface area contributed by atoms with E-state index >= 15 is 0 Å². The van der Waals surface area contributed by atoms with Crippen molar-refractivity contribution in [3.63, 3.8) is 0 Å². The van der Waals surface area contributed by atoms with Crippen LogP contribution in [0.1, 0.15) is 10.4 Å². The fourth-order valence-corrected chi connectivity index (χ4v) is 2.66. The summed E-state index contributed by atoms with van der Waals surface area (Å²) < 4.78 is 0. The van der Waals surface area contributed by atoms with E-state index in [0.717, 1.165) is 13.0 Å². The smallest absolute Gasteiger partial charge is 0.243 e. The van der Waals surface area contributed by atoms with Gasteiger partial charge in [0.05, 0.1) is 6.54 Å². The highest BCUT2D eigenvalue weighted by Crippen LogP contribution is 2.07. The Morgan fingerprint density at radius 1 is 1.12 bits per heavy atom. The summed E-state index contributed by atoms with van der Waals surface area (Å²) in [5.41, 5.74) is 1.27. The molecule has 2 N–H and O–H groups in total. The van der Waals surface area contributed by atoms with Crippen molar-refractivity contribution >= 4 is 23.2 Å². The third-order valence-corrected chi connectivity index (χ3v) is 4.31. The van der Waals surface area contributed by atoms with Gasteiger partial charge in [0.15, 0.2) is 5.96 Å². The molecule has 0 aliphatic carbocycles. The highest BCUT2D eigenvalue weighted by atomic mass is 32.1. The molecule has 5 nitrogen and oxygen atoms in total. The lowest BCUT2D eigenvalue weighted by Gasteiger charge is -2.13. The summed E-state index contributed by atoms with van der Waals surface area (Å²) in [6, 6.07) is 14.4. The molecule has 0 atom stereocenters. The maximum absolute atomic E-state index is 11.7. The van der Waals surface area contributed by atoms with Gasteiger partial charge in [-0.25, -0.2) is 4.99 Å². The lowest BCUT2D eigenvalue weighted by atomic mass is 10.1. The minimum absolute atomic E-state index is 0.0183. The third-order valence-electron chi connectivity index (χ3n) is 3.43. The molecule has 0 spiro atoms. The summed E-state index contributed by atoms with van der Waals surface area (Å²) in [7, 11) is 3.47. The first-order valence-corrected chi connectivity index (χ1v) is 8.82. The van der Waals surface area contributed by atoms with Gasteiger partial charge in [0, 0.05) is 25.5 Å². The SMILES string of the molecule is CN(C)C(=O)CN=C(NCCc1ccccc1)NCc1cccs1. The van der Waals surface area contributed by atoms with Crippen LogP contribution < -0.4 is 10.6 Å². The number of guanidine groups is 1. The molecule has 2 rings (SSSR count). The Morgan fingerprint density at radius 3 is 2.58 bits per heavy atom. The topological polar surface area (TPSA) is 56.7 Å². The molecule has 0 fully saturated rings. The lowest BCUT2D eigenvalue weighted by Crippen LogP contribution is -2.39. The number of nitrogens with zero attached hydrogens (tertiary/aromatic N) is 2. The highest BCUT2D eigenvalue weighted by molar-refractivity contribution is 7.09. The van der Waals surface area contributed by atoms with E-state index < -0.39 is 0 Å². The number of rotatable bonds is 7. The summed E-state index contributed by atoms with van der Waals surface area (Å²) in [5.74, 6) is 0.643. The predicted octanol–water partition coefficient (Wildman–Crippen LogP) is 2.11. The van der Waals surface area contributed by atoms with Crippen molar-refractivity contribution in [2.24, 2.45) is 4.99 Å². The van der Waals surface area contributed by atoms with Gasteiger partial charge in [-0.2, -0.15) is 0 Å². The minimum Gasteiger partial charge on any atom is -0.356 e. The van der Waals surface area contributed by atoms with Gasteiger partial charge < -0.3 is 15.5 Å². The van der Waals surface area contributed by atoms with Crippen LogP contribution in [-0.2, 0) is 17.8 Å². The van der Waals surface area contributed by atoms with Crippen LogP contribution in [0.5, 0.6) is 0 Å². The Hall–Kier alpha value is -2.34. The monoisotopic (exact) mass is 344 g/mol. The van der Waals surface area contributed by atoms with Gasteiger partial charge in [0.1, 0.15) is 6.54 Å². The molecule has 1 heterocycles. The molecule has 2 aromatic rings. The van der Waals surface area contributed by atoms with Crippen molar-refractivity contribution in [1.82, 2.24) is 15.5 Å². The zero-order chi connectivity index (χ0) is 17.2. The van der Waals surface area contributed by atoms with E-state index in [1.165, 1.54) is 10.4 Å². The average molecular weight is 344 g/mol. The van der Waals surface area contributed by atoms with Crippen LogP contribution in [0.2, 0.25) is 0 Å². The molecule has 0 unspecified atom stereocenters. The van der Waals surface area contributed by atoms with Crippen molar-refractivity contribution in [1.29, 1.82) is 0 Å². The van der Waals surface area contributed by atoms with Gasteiger partial charge in [-0.3, -0.25) is 4.79 Å². The number of carbonyl (C=O) groups is 1. The number of thiophene rings is 1. The van der Waals surface area contributed by atoms with E-state index in [9.17, 15) is 4.79 Å². The first kappa shape index (κ1) is 18.0. The quantitative estimate of drug-likeness (QED) is 0.597. The van der Waals surface area contributed by atoms with Gasteiger partial charge >= 0.3 is 0 Å². The second-order valence-electron chi connectivity index (χ2n) is 5.55. The number of likely N-dealkylation sites (N-methyl/N-ethyl adjacent to an activating group) is 1. The van der Waals surface area contributed by atoms with Crippen LogP contribution in [0.4, 0.5) is 0 Å². The molecule has 0 radical (unpaired) electrons. The summed E-state index contributed by atoms with van der Waals surface area (Å²) in [6.07, 6.45) is 0.905. The number of hydrogen-bond acceptors (Lipinski definition) is 3. The number of hydrogen-bond donors (Lipinski definition) is 2. The zero-order valence-electron chi connectivity index (χ0n) is 14.2. The maximum Gasteiger partial charge on any atom is 0.243 e. The minimum atomic E-state index is -0.0183. The Balaban J connectivity index is 1.88. The Morgan fingerprint density at radius 2 is 1.92 bits per heavy atom. The molecule has 0 saturated carbocycles. The fraction of sp³-hybridized carbons (Fsp3) is 0.333. The summed E-state index contributed by atoms with van der Waals surface area (Å²) >= 11 is 1.69. The van der Waals surface area contributed by atoms with Crippen molar-refractivity contribution in [2.75, 3.05) is 27.2 Å². The molecule has 6 heteroatoms. The Kier molecular flexibility index (Phi) is 7.29. The van der Waals surface area contributed by atoms with Gasteiger partial charge in [0.25, 0.3) is 0 Å². The van der Waals surface area contributed by atoms with Crippen LogP contribution in [-0.4, -0.2) is 44.0 Å². The lowest BCUT2D eigenvalue weighted by molar-refractivity contribution is -0.127. The second kappa shape index (κ2) is 9.72. The highest BCUT2D eigenvalue weighted by Gasteiger charge is 2.05. The molecule has 0 aliphatic rings. The number of benzene rings is 1. The molecular weight excluding hydrogens is 320 g/mol. The fourth-order valence-electron chi connectivity index (χ4n) is 2.02. The summed E-state index contributed by atoms with van der Waals surface area (Å²) in [6.45, 7) is 1.60. The second-order valence-corrected chi connectivity index (χ2v) is 6.58. The van der Waals surface area contributed by atoms with E-state index in [-0.39, 0.29) is 12.5 Å². The number of aliphatic imine (C=N–C) groups is 1. The largest absolute Gasteiger partial charge is 0.356 e. The van der Waals surface area contributed by atoms with E-state index in [1.54, 1.807) is 30.3 Å². The van der Waals surface area contributed by atoms with Crippen LogP contribution in [0.25, 0.3) is 0 Å². The molecule has 0 bridgehead atoms. The van der Waals surface area contributed by atoms with Crippen LogP contribution in [0, 0.1) is 0 Å². The van der Waals surface area contributed by atoms with Gasteiger partial charge in [-0.15, -0.1) is 11.3 Å². The Bertz CT molecular complexity index is 638. The van der Waals surface area contributed by atoms with Crippen molar-refractivity contribution in [3.05, 3.63) is 58.3 Å². The standard InChI is InChI=1S/C18H24N4OS/c1-22(2)17(23)14-21-18(20-13-16-9-6-12-24-16)19-11-10-15-7-4-3-5-8-15/h3-9,12H,10-11,13-14H2,1-2H3,(H2,19,20,21). The average Bonchev–Trinajstić information content (AvgIpc) is 3.10. The Labute approximate surface area is 147 Å². The first-order valence-electron chi connectivity index (χ1n) is 7.94. The maximum atomic E-state index is 11.7. The van der Waals surface area contributed by atoms with Gasteiger partial charge in [0.2, 0.25) is 5.91 Å². The van der Waals surface area contributed by atoms with Gasteiger partial charge in [-0.1, -0.05) is 36.4 Å². The van der Waals surface area contributed by atoms with E-state index in [1.807, 2.05) is 29.6 Å². The van der Waals surface area contributed by atoms with Crippen molar-refractivity contribution in [3.8, 4) is 0 Å². The van der Waals surface area contributed by atoms with E-state index in [2.05, 4.69) is 33.8 Å². The molecule has 1 amide bonds. The van der Waals surface area contributed by atoms with Gasteiger partial charge in [-0.05, 0) is 23.4 Å². The molecule has 0 saturated heterocycles. The summed E-state index contributed by atoms with van der Waals surface area (Å²) in [5, 5.41) is 8.63. The van der Waals surface area contributed by atoms with Crippen LogP contribution in [0.15, 0.2) is 52.8 Å². The number of carbonyl (C=O) groups excluding carboxylic acids is 1. The van der Waals surface area contributed by atoms with Crippen LogP contribution in [0.3, 0.4) is 0 Å². The summed E-state index contributed by atoms with van der Waals surface area (Å²) in [4.78, 5) is 18.9. The molecule has 0 aliphatic heterocycles. The van der Waals surface area contributed by atoms with E-state index in [4.69, 9.17) is 0 Å². The first-order chi connectivity index (χ1) is 11.6. The zero-order valence-corrected chi connectivity index (χ0v) is 15.0.